The van der Waals surface area contributed by atoms with Crippen molar-refractivity contribution in [2.75, 3.05) is 0 Å². The monoisotopic (exact) mass is 809 g/mol. The Morgan fingerprint density at radius 2 is 1.68 bits per heavy atom. The Kier molecular flexibility index (Phi) is 9.27. The van der Waals surface area contributed by atoms with E-state index in [1.165, 1.54) is 84.0 Å². The number of hydrogen-bond acceptors (Lipinski definition) is 2. The third-order valence-electron chi connectivity index (χ3n) is 15.9. The van der Waals surface area contributed by atoms with Crippen molar-refractivity contribution in [3.8, 4) is 5.75 Å². The molecule has 11 rings (SSSR count). The van der Waals surface area contributed by atoms with E-state index in [0.29, 0.717) is 5.92 Å². The quantitative estimate of drug-likeness (QED) is 0.128. The maximum Gasteiger partial charge on any atom is 0.128 e. The highest BCUT2D eigenvalue weighted by Crippen LogP contribution is 2.58. The molecule has 0 bridgehead atoms. The smallest absolute Gasteiger partial charge is 0.128 e. The van der Waals surface area contributed by atoms with Gasteiger partial charge in [0.15, 0.2) is 0 Å². The molecule has 6 aliphatic rings. The standard InChI is InChI=1S/C60H59NO/c1-7-43-48(37-61-42-28-29-47-53(36-42)62-52-31-27-38-18-11-12-20-44(38)57(47)52)56(40-25-24-39-19-10-8-9-16-32-58(2,3)50(39)34-40)46-22-14-13-21-45(46)55(43)41-26-30-49-51(35-41)59(4,5)54-23-15-17-33-60(49,54)6/h7-8,10-15,17-18,20-27,29-31,33-35,37,42-43,53-55H,1,9,16,19,28,32,36H2,2-6H3/b10-8-,61-37+. The molecule has 0 radical (unpaired) electrons. The molecule has 0 saturated carbocycles. The fourth-order valence-corrected chi connectivity index (χ4v) is 12.7. The molecule has 2 nitrogen and oxygen atoms in total. The molecule has 5 aromatic rings. The van der Waals surface area contributed by atoms with Crippen LogP contribution in [0.1, 0.15) is 123 Å². The largest absolute Gasteiger partial charge is 0.485 e. The molecule has 0 aromatic heterocycles. The minimum absolute atomic E-state index is 0.00624. The maximum absolute atomic E-state index is 6.71. The van der Waals surface area contributed by atoms with E-state index >= 15 is 0 Å². The number of fused-ring (bicyclic) bond motifs is 10. The minimum atomic E-state index is -0.0158. The lowest BCUT2D eigenvalue weighted by Gasteiger charge is -2.37. The number of allylic oxidation sites excluding steroid dienone is 8. The molecule has 1 heterocycles. The average Bonchev–Trinajstić information content (AvgIpc) is 3.77. The van der Waals surface area contributed by atoms with Crippen LogP contribution in [0, 0.1) is 11.8 Å². The van der Waals surface area contributed by atoms with Crippen LogP contribution in [0.5, 0.6) is 5.75 Å². The van der Waals surface area contributed by atoms with Crippen molar-refractivity contribution < 1.29 is 4.74 Å². The van der Waals surface area contributed by atoms with Gasteiger partial charge in [0, 0.05) is 41.0 Å². The fourth-order valence-electron chi connectivity index (χ4n) is 12.7. The second-order valence-electron chi connectivity index (χ2n) is 20.3. The van der Waals surface area contributed by atoms with Gasteiger partial charge in [0.1, 0.15) is 11.9 Å². The number of benzene rings is 5. The van der Waals surface area contributed by atoms with Crippen LogP contribution in [-0.2, 0) is 22.7 Å². The van der Waals surface area contributed by atoms with Crippen LogP contribution in [0.2, 0.25) is 0 Å². The first-order valence-electron chi connectivity index (χ1n) is 23.2. The predicted molar refractivity (Wildman–Crippen MR) is 261 cm³/mol. The Bertz CT molecular complexity index is 2850. The summed E-state index contributed by atoms with van der Waals surface area (Å²) >= 11 is 0. The topological polar surface area (TPSA) is 21.6 Å². The van der Waals surface area contributed by atoms with Gasteiger partial charge in [0.25, 0.3) is 0 Å². The lowest BCUT2D eigenvalue weighted by molar-refractivity contribution is 0.248. The Morgan fingerprint density at radius 3 is 2.56 bits per heavy atom. The van der Waals surface area contributed by atoms with E-state index in [2.05, 4.69) is 193 Å². The first-order valence-corrected chi connectivity index (χ1v) is 23.2. The molecule has 310 valence electrons. The van der Waals surface area contributed by atoms with Crippen molar-refractivity contribution >= 4 is 28.1 Å². The second kappa shape index (κ2) is 14.7. The third kappa shape index (κ3) is 6.07. The molecule has 6 unspecified atom stereocenters. The lowest BCUT2D eigenvalue weighted by Crippen LogP contribution is -2.34. The van der Waals surface area contributed by atoms with E-state index in [1.54, 1.807) is 0 Å². The summed E-state index contributed by atoms with van der Waals surface area (Å²) in [6.45, 7) is 16.9. The van der Waals surface area contributed by atoms with Gasteiger partial charge in [-0.15, -0.1) is 6.58 Å². The number of rotatable bonds is 5. The van der Waals surface area contributed by atoms with Gasteiger partial charge >= 0.3 is 0 Å². The Labute approximate surface area is 369 Å². The lowest BCUT2D eigenvalue weighted by atomic mass is 9.66. The summed E-state index contributed by atoms with van der Waals surface area (Å²) in [5.74, 6) is 1.51. The van der Waals surface area contributed by atoms with E-state index in [1.807, 2.05) is 0 Å². The van der Waals surface area contributed by atoms with Crippen molar-refractivity contribution in [3.63, 3.8) is 0 Å². The van der Waals surface area contributed by atoms with E-state index in [9.17, 15) is 0 Å². The van der Waals surface area contributed by atoms with Gasteiger partial charge in [-0.25, -0.2) is 0 Å². The molecule has 0 N–H and O–H groups in total. The first-order chi connectivity index (χ1) is 30.1. The van der Waals surface area contributed by atoms with Crippen molar-refractivity contribution in [3.05, 3.63) is 208 Å². The van der Waals surface area contributed by atoms with Crippen LogP contribution in [0.4, 0.5) is 0 Å². The Balaban J connectivity index is 1.05. The van der Waals surface area contributed by atoms with Crippen LogP contribution in [0.3, 0.4) is 0 Å². The molecule has 0 saturated heterocycles. The highest BCUT2D eigenvalue weighted by Gasteiger charge is 2.52. The summed E-state index contributed by atoms with van der Waals surface area (Å²) < 4.78 is 6.71. The molecule has 5 aromatic carbocycles. The van der Waals surface area contributed by atoms with Gasteiger partial charge in [0.2, 0.25) is 0 Å². The summed E-state index contributed by atoms with van der Waals surface area (Å²) in [7, 11) is 0. The van der Waals surface area contributed by atoms with Gasteiger partial charge in [0.05, 0.1) is 6.04 Å². The SMILES string of the molecule is C=CC1C(/C=N/C2CC=C3c4c(ccc5ccccc45)OC3C2)=C(c2ccc3c(c2)C(C)(C)CCC/C=C\C3)c2ccccc2C1c1ccc2c(c1)C(C)(C)C1C=CC=CC21C. The van der Waals surface area contributed by atoms with Gasteiger partial charge in [-0.3, -0.25) is 4.99 Å². The number of hydrogen-bond donors (Lipinski definition) is 0. The first kappa shape index (κ1) is 39.1. The van der Waals surface area contributed by atoms with Gasteiger partial charge < -0.3 is 4.74 Å². The molecule has 6 atom stereocenters. The summed E-state index contributed by atoms with van der Waals surface area (Å²) in [5, 5.41) is 2.54. The highest BCUT2D eigenvalue weighted by atomic mass is 16.5. The van der Waals surface area contributed by atoms with E-state index in [0.717, 1.165) is 37.9 Å². The molecular formula is C60H59NO. The van der Waals surface area contributed by atoms with Crippen molar-refractivity contribution in [2.45, 2.75) is 107 Å². The molecule has 0 amide bonds. The van der Waals surface area contributed by atoms with E-state index in [-0.39, 0.29) is 40.2 Å². The van der Waals surface area contributed by atoms with Crippen molar-refractivity contribution in [1.82, 2.24) is 0 Å². The van der Waals surface area contributed by atoms with Gasteiger partial charge in [-0.1, -0.05) is 174 Å². The second-order valence-corrected chi connectivity index (χ2v) is 20.3. The zero-order valence-corrected chi connectivity index (χ0v) is 37.1. The van der Waals surface area contributed by atoms with Crippen molar-refractivity contribution in [1.29, 1.82) is 0 Å². The maximum atomic E-state index is 6.71. The van der Waals surface area contributed by atoms with Gasteiger partial charge in [-0.2, -0.15) is 0 Å². The molecule has 0 spiro atoms. The molecule has 1 aliphatic heterocycles. The van der Waals surface area contributed by atoms with Crippen LogP contribution >= 0.6 is 0 Å². The summed E-state index contributed by atoms with van der Waals surface area (Å²) in [6, 6.07) is 37.2. The van der Waals surface area contributed by atoms with Crippen LogP contribution in [0.25, 0.3) is 21.9 Å². The summed E-state index contributed by atoms with van der Waals surface area (Å²) in [4.78, 5) is 5.58. The molecule has 2 heteroatoms. The predicted octanol–water partition coefficient (Wildman–Crippen LogP) is 14.5. The minimum Gasteiger partial charge on any atom is -0.485 e. The Morgan fingerprint density at radius 1 is 0.823 bits per heavy atom. The number of ether oxygens (including phenoxy) is 1. The van der Waals surface area contributed by atoms with Crippen LogP contribution in [0.15, 0.2) is 163 Å². The summed E-state index contributed by atoms with van der Waals surface area (Å²) in [5.41, 5.74) is 16.3. The molecule has 62 heavy (non-hydrogen) atoms. The Hall–Kier alpha value is -5.73. The van der Waals surface area contributed by atoms with Crippen LogP contribution in [-0.4, -0.2) is 18.4 Å². The van der Waals surface area contributed by atoms with Crippen LogP contribution < -0.4 is 4.74 Å². The zero-order chi connectivity index (χ0) is 42.4. The molecule has 0 fully saturated rings. The van der Waals surface area contributed by atoms with Crippen molar-refractivity contribution in [2.24, 2.45) is 16.8 Å². The summed E-state index contributed by atoms with van der Waals surface area (Å²) in [6.07, 6.45) is 27.2. The fraction of sp³-hybridized carbons (Fsp3) is 0.317. The number of nitrogens with zero attached hydrogens (tertiary/aromatic N) is 1. The molecular weight excluding hydrogens is 751 g/mol. The zero-order valence-electron chi connectivity index (χ0n) is 37.1. The highest BCUT2D eigenvalue weighted by molar-refractivity contribution is 6.01. The average molecular weight is 810 g/mol. The molecule has 5 aliphatic carbocycles. The van der Waals surface area contributed by atoms with E-state index < -0.39 is 0 Å². The normalized spacial score (nSPS) is 28.0. The third-order valence-corrected chi connectivity index (χ3v) is 15.9. The van der Waals surface area contributed by atoms with Gasteiger partial charge in [-0.05, 0) is 121 Å². The number of aliphatic imine (C=N–C) groups is 1. The van der Waals surface area contributed by atoms with E-state index in [4.69, 9.17) is 9.73 Å².